The molecule has 1 aliphatic carbocycles. The van der Waals surface area contributed by atoms with Crippen LogP contribution in [-0.4, -0.2) is 60.2 Å². The number of anilines is 1. The smallest absolute Gasteiger partial charge is 0.237 e. The summed E-state index contributed by atoms with van der Waals surface area (Å²) in [5.41, 5.74) is 1.59. The molecule has 3 aliphatic heterocycles. The van der Waals surface area contributed by atoms with Crippen molar-refractivity contribution in [2.24, 2.45) is 5.92 Å². The van der Waals surface area contributed by atoms with Gasteiger partial charge in [0.05, 0.1) is 11.3 Å². The maximum atomic E-state index is 13.0. The number of rotatable bonds is 2. The number of hydrogen-bond donors (Lipinski definition) is 0. The SMILES string of the molecule is CN1C(=O)C2(CCN(C(=O)C3CC(=O)N(C4CC4)C3)CC2)c2ccccc21. The Labute approximate surface area is 159 Å². The third kappa shape index (κ3) is 2.42. The molecule has 0 radical (unpaired) electrons. The van der Waals surface area contributed by atoms with Gasteiger partial charge in [0.25, 0.3) is 0 Å². The zero-order valence-electron chi connectivity index (χ0n) is 15.7. The molecule has 5 rings (SSSR count). The van der Waals surface area contributed by atoms with Gasteiger partial charge in [-0.1, -0.05) is 18.2 Å². The molecule has 6 heteroatoms. The molecule has 3 fully saturated rings. The molecule has 4 aliphatic rings. The van der Waals surface area contributed by atoms with E-state index in [1.807, 2.05) is 35.0 Å². The molecule has 0 N–H and O–H groups in total. The monoisotopic (exact) mass is 367 g/mol. The van der Waals surface area contributed by atoms with Crippen molar-refractivity contribution in [2.75, 3.05) is 31.6 Å². The highest BCUT2D eigenvalue weighted by molar-refractivity contribution is 6.08. The van der Waals surface area contributed by atoms with Crippen LogP contribution in [0.5, 0.6) is 0 Å². The van der Waals surface area contributed by atoms with Gasteiger partial charge in [0, 0.05) is 44.8 Å². The second kappa shape index (κ2) is 5.81. The lowest BCUT2D eigenvalue weighted by Crippen LogP contribution is -2.51. The summed E-state index contributed by atoms with van der Waals surface area (Å²) in [6.07, 6.45) is 3.82. The molecule has 142 valence electrons. The molecular formula is C21H25N3O3. The van der Waals surface area contributed by atoms with Crippen molar-refractivity contribution in [1.29, 1.82) is 0 Å². The van der Waals surface area contributed by atoms with Crippen LogP contribution in [0.1, 0.15) is 37.7 Å². The Morgan fingerprint density at radius 3 is 2.52 bits per heavy atom. The number of amides is 3. The van der Waals surface area contributed by atoms with Gasteiger partial charge in [-0.2, -0.15) is 0 Å². The summed E-state index contributed by atoms with van der Waals surface area (Å²) in [6, 6.07) is 8.38. The minimum Gasteiger partial charge on any atom is -0.342 e. The summed E-state index contributed by atoms with van der Waals surface area (Å²) in [6.45, 7) is 1.75. The van der Waals surface area contributed by atoms with Crippen LogP contribution in [0.15, 0.2) is 24.3 Å². The molecule has 1 atom stereocenters. The molecule has 3 amide bonds. The van der Waals surface area contributed by atoms with Crippen LogP contribution in [0.4, 0.5) is 5.69 Å². The highest BCUT2D eigenvalue weighted by Gasteiger charge is 2.52. The summed E-state index contributed by atoms with van der Waals surface area (Å²) in [5.74, 6) is 0.160. The summed E-state index contributed by atoms with van der Waals surface area (Å²) in [4.78, 5) is 43.7. The van der Waals surface area contributed by atoms with E-state index in [0.29, 0.717) is 44.9 Å². The minimum atomic E-state index is -0.492. The van der Waals surface area contributed by atoms with E-state index in [2.05, 4.69) is 6.07 Å². The summed E-state index contributed by atoms with van der Waals surface area (Å²) < 4.78 is 0. The van der Waals surface area contributed by atoms with Gasteiger partial charge in [0.15, 0.2) is 0 Å². The number of likely N-dealkylation sites (tertiary alicyclic amines) is 2. The summed E-state index contributed by atoms with van der Waals surface area (Å²) >= 11 is 0. The van der Waals surface area contributed by atoms with E-state index in [1.165, 1.54) is 0 Å². The van der Waals surface area contributed by atoms with Crippen LogP contribution in [0.3, 0.4) is 0 Å². The second-order valence-corrected chi connectivity index (χ2v) is 8.47. The van der Waals surface area contributed by atoms with Gasteiger partial charge in [0.1, 0.15) is 0 Å². The van der Waals surface area contributed by atoms with Gasteiger partial charge >= 0.3 is 0 Å². The van der Waals surface area contributed by atoms with Crippen molar-refractivity contribution in [1.82, 2.24) is 9.80 Å². The van der Waals surface area contributed by atoms with Crippen molar-refractivity contribution in [3.8, 4) is 0 Å². The highest BCUT2D eigenvalue weighted by atomic mass is 16.2. The van der Waals surface area contributed by atoms with E-state index >= 15 is 0 Å². The topological polar surface area (TPSA) is 60.9 Å². The van der Waals surface area contributed by atoms with Gasteiger partial charge in [-0.3, -0.25) is 14.4 Å². The number of fused-ring (bicyclic) bond motifs is 2. The highest BCUT2D eigenvalue weighted by Crippen LogP contribution is 2.47. The standard InChI is InChI=1S/C21H25N3O3/c1-22-17-5-3-2-4-16(17)21(20(22)27)8-10-23(11-9-21)19(26)14-12-18(25)24(13-14)15-6-7-15/h2-5,14-15H,6-13H2,1H3. The van der Waals surface area contributed by atoms with Crippen molar-refractivity contribution in [3.63, 3.8) is 0 Å². The van der Waals surface area contributed by atoms with Gasteiger partial charge < -0.3 is 14.7 Å². The number of para-hydroxylation sites is 1. The van der Waals surface area contributed by atoms with E-state index in [-0.39, 0.29) is 23.6 Å². The zero-order chi connectivity index (χ0) is 18.8. The van der Waals surface area contributed by atoms with Gasteiger partial charge in [0.2, 0.25) is 17.7 Å². The first-order chi connectivity index (χ1) is 13.0. The lowest BCUT2D eigenvalue weighted by molar-refractivity contribution is -0.139. The molecule has 27 heavy (non-hydrogen) atoms. The van der Waals surface area contributed by atoms with Crippen molar-refractivity contribution in [2.45, 2.75) is 43.6 Å². The number of nitrogens with zero attached hydrogens (tertiary/aromatic N) is 3. The summed E-state index contributed by atoms with van der Waals surface area (Å²) in [7, 11) is 1.84. The Morgan fingerprint density at radius 1 is 1.11 bits per heavy atom. The predicted molar refractivity (Wildman–Crippen MR) is 100 cm³/mol. The van der Waals surface area contributed by atoms with E-state index in [0.717, 1.165) is 24.1 Å². The van der Waals surface area contributed by atoms with Crippen LogP contribution in [0, 0.1) is 5.92 Å². The van der Waals surface area contributed by atoms with Crippen LogP contribution >= 0.6 is 0 Å². The first-order valence-corrected chi connectivity index (χ1v) is 9.97. The van der Waals surface area contributed by atoms with Crippen molar-refractivity contribution in [3.05, 3.63) is 29.8 Å². The quantitative estimate of drug-likeness (QED) is 0.797. The van der Waals surface area contributed by atoms with Gasteiger partial charge in [-0.25, -0.2) is 0 Å². The Bertz CT molecular complexity index is 824. The lowest BCUT2D eigenvalue weighted by Gasteiger charge is -2.39. The molecule has 6 nitrogen and oxygen atoms in total. The molecule has 2 saturated heterocycles. The molecule has 0 aromatic heterocycles. The minimum absolute atomic E-state index is 0.0911. The molecule has 0 bridgehead atoms. The Balaban J connectivity index is 1.30. The molecule has 1 aromatic carbocycles. The molecule has 1 spiro atoms. The Hall–Kier alpha value is -2.37. The van der Waals surface area contributed by atoms with Gasteiger partial charge in [-0.05, 0) is 37.3 Å². The Kier molecular flexibility index (Phi) is 3.61. The molecule has 1 unspecified atom stereocenters. The second-order valence-electron chi connectivity index (χ2n) is 8.47. The number of likely N-dealkylation sites (N-methyl/N-ethyl adjacent to an activating group) is 1. The molecule has 1 saturated carbocycles. The van der Waals surface area contributed by atoms with Crippen molar-refractivity contribution >= 4 is 23.4 Å². The Morgan fingerprint density at radius 2 is 1.81 bits per heavy atom. The first kappa shape index (κ1) is 16.8. The number of piperidine rings is 1. The summed E-state index contributed by atoms with van der Waals surface area (Å²) in [5, 5.41) is 0. The van der Waals surface area contributed by atoms with Crippen molar-refractivity contribution < 1.29 is 14.4 Å². The third-order valence-electron chi connectivity index (χ3n) is 6.92. The van der Waals surface area contributed by atoms with Crippen LogP contribution in [0.25, 0.3) is 0 Å². The first-order valence-electron chi connectivity index (χ1n) is 9.97. The maximum absolute atomic E-state index is 13.0. The van der Waals surface area contributed by atoms with E-state index in [9.17, 15) is 14.4 Å². The fraction of sp³-hybridized carbons (Fsp3) is 0.571. The lowest BCUT2D eigenvalue weighted by atomic mass is 9.73. The normalized spacial score (nSPS) is 26.9. The molecule has 1 aromatic rings. The van der Waals surface area contributed by atoms with Crippen LogP contribution in [0.2, 0.25) is 0 Å². The number of carbonyl (C=O) groups excluding carboxylic acids is 3. The fourth-order valence-electron chi connectivity index (χ4n) is 5.20. The van der Waals surface area contributed by atoms with Gasteiger partial charge in [-0.15, -0.1) is 0 Å². The largest absolute Gasteiger partial charge is 0.342 e. The third-order valence-corrected chi connectivity index (χ3v) is 6.92. The van der Waals surface area contributed by atoms with E-state index in [4.69, 9.17) is 0 Å². The number of carbonyl (C=O) groups is 3. The van der Waals surface area contributed by atoms with Crippen LogP contribution in [-0.2, 0) is 19.8 Å². The average molecular weight is 367 g/mol. The zero-order valence-corrected chi connectivity index (χ0v) is 15.7. The predicted octanol–water partition coefficient (Wildman–Crippen LogP) is 1.53. The number of hydrogen-bond acceptors (Lipinski definition) is 3. The maximum Gasteiger partial charge on any atom is 0.237 e. The van der Waals surface area contributed by atoms with E-state index in [1.54, 1.807) is 4.90 Å². The van der Waals surface area contributed by atoms with E-state index < -0.39 is 5.41 Å². The molecule has 3 heterocycles. The molecular weight excluding hydrogens is 342 g/mol. The van der Waals surface area contributed by atoms with Crippen LogP contribution < -0.4 is 4.90 Å². The fourth-order valence-corrected chi connectivity index (χ4v) is 5.20. The number of benzene rings is 1. The average Bonchev–Trinajstić information content (AvgIpc) is 3.44.